The normalized spacial score (nSPS) is 4.33. The maximum absolute atomic E-state index is 5.62. The molecular weight excluding hydrogens is 78.1 g/mol. The van der Waals surface area contributed by atoms with Gasteiger partial charge in [-0.2, -0.15) is 0 Å². The standard InChI is InChI=1S/C2H7N.CH2N2/c1-3-2;2-1-3/h3H,1-2H3;2-3H. The molecule has 0 saturated carbocycles. The van der Waals surface area contributed by atoms with Gasteiger partial charge in [0.25, 0.3) is 0 Å². The second-order valence-corrected chi connectivity index (χ2v) is 0.625. The van der Waals surface area contributed by atoms with Crippen LogP contribution in [0.2, 0.25) is 0 Å². The molecule has 0 amide bonds. The summed E-state index contributed by atoms with van der Waals surface area (Å²) in [4.78, 5) is 0. The molecule has 0 aromatic rings. The average molecular weight is 87.1 g/mol. The van der Waals surface area contributed by atoms with Crippen LogP contribution in [-0.2, 0) is 0 Å². The fraction of sp³-hybridized carbons (Fsp3) is 0.667. The highest BCUT2D eigenvalue weighted by atomic mass is 14.7. The fourth-order valence-corrected chi connectivity index (χ4v) is 0. The van der Waals surface area contributed by atoms with Crippen LogP contribution < -0.4 is 5.32 Å². The smallest absolute Gasteiger partial charge is 0.0831 e. The lowest BCUT2D eigenvalue weighted by molar-refractivity contribution is 1.02. The van der Waals surface area contributed by atoms with Crippen molar-refractivity contribution in [3.8, 4) is 0 Å². The monoisotopic (exact) mass is 87.1 g/mol. The molecule has 0 aromatic carbocycles. The highest BCUT2D eigenvalue weighted by molar-refractivity contribution is 5.29. The summed E-state index contributed by atoms with van der Waals surface area (Å²) in [6.45, 7) is 0. The maximum Gasteiger partial charge on any atom is 0.0831 e. The first-order valence-electron chi connectivity index (χ1n) is 1.50. The van der Waals surface area contributed by atoms with Crippen LogP contribution in [0.25, 0.3) is 0 Å². The molecule has 0 aliphatic carbocycles. The molecule has 0 spiro atoms. The SMILES string of the molecule is CNC.N=C=N. The molecule has 0 radical (unpaired) electrons. The van der Waals surface area contributed by atoms with Crippen LogP contribution in [-0.4, -0.2) is 20.1 Å². The molecular formula is C3H9N3. The van der Waals surface area contributed by atoms with E-state index in [2.05, 4.69) is 5.32 Å². The summed E-state index contributed by atoms with van der Waals surface area (Å²) in [7, 11) is 3.75. The largest absolute Gasteiger partial charge is 0.323 e. The van der Waals surface area contributed by atoms with Crippen molar-refractivity contribution in [2.75, 3.05) is 14.1 Å². The molecule has 0 unspecified atom stereocenters. The van der Waals surface area contributed by atoms with Gasteiger partial charge in [0.15, 0.2) is 0 Å². The Morgan fingerprint density at radius 1 is 1.33 bits per heavy atom. The van der Waals surface area contributed by atoms with Gasteiger partial charge in [0.05, 0.1) is 6.01 Å². The van der Waals surface area contributed by atoms with Crippen molar-refractivity contribution < 1.29 is 0 Å². The zero-order chi connectivity index (χ0) is 5.41. The van der Waals surface area contributed by atoms with E-state index in [0.717, 1.165) is 0 Å². The van der Waals surface area contributed by atoms with Gasteiger partial charge in [0.2, 0.25) is 0 Å². The summed E-state index contributed by atoms with van der Waals surface area (Å²) in [6, 6.07) is 1.25. The third kappa shape index (κ3) is 42.0. The molecule has 0 heterocycles. The van der Waals surface area contributed by atoms with Crippen molar-refractivity contribution in [2.45, 2.75) is 0 Å². The van der Waals surface area contributed by atoms with E-state index in [-0.39, 0.29) is 0 Å². The Hall–Kier alpha value is -0.660. The quantitative estimate of drug-likeness (QED) is 0.362. The van der Waals surface area contributed by atoms with Crippen LogP contribution in [0.4, 0.5) is 0 Å². The van der Waals surface area contributed by atoms with Crippen LogP contribution in [0, 0.1) is 10.8 Å². The molecule has 0 bridgehead atoms. The lowest BCUT2D eigenvalue weighted by atomic mass is 11.3. The molecule has 6 heavy (non-hydrogen) atoms. The number of rotatable bonds is 0. The molecule has 3 heteroatoms. The van der Waals surface area contributed by atoms with Crippen LogP contribution in [0.3, 0.4) is 0 Å². The maximum atomic E-state index is 5.62. The predicted molar refractivity (Wildman–Crippen MR) is 25.4 cm³/mol. The third-order valence-corrected chi connectivity index (χ3v) is 0. The van der Waals surface area contributed by atoms with Crippen LogP contribution in [0.15, 0.2) is 0 Å². The van der Waals surface area contributed by atoms with Gasteiger partial charge in [-0.25, -0.2) is 10.8 Å². The van der Waals surface area contributed by atoms with Crippen molar-refractivity contribution in [1.82, 2.24) is 5.32 Å². The van der Waals surface area contributed by atoms with E-state index in [9.17, 15) is 0 Å². The Bertz CT molecular complexity index is 35.3. The lowest BCUT2D eigenvalue weighted by Crippen LogP contribution is -1.89. The number of hydrogen-bond donors (Lipinski definition) is 3. The van der Waals surface area contributed by atoms with Crippen molar-refractivity contribution in [3.63, 3.8) is 0 Å². The molecule has 0 saturated heterocycles. The van der Waals surface area contributed by atoms with Gasteiger partial charge in [-0.1, -0.05) is 0 Å². The Kier molecular flexibility index (Phi) is 40.5. The highest BCUT2D eigenvalue weighted by Crippen LogP contribution is 0.981. The van der Waals surface area contributed by atoms with E-state index in [1.165, 1.54) is 6.01 Å². The Morgan fingerprint density at radius 2 is 1.33 bits per heavy atom. The molecule has 36 valence electrons. The van der Waals surface area contributed by atoms with Gasteiger partial charge >= 0.3 is 0 Å². The molecule has 3 N–H and O–H groups in total. The first kappa shape index (κ1) is 9.02. The molecule has 0 atom stereocenters. The van der Waals surface area contributed by atoms with E-state index in [4.69, 9.17) is 10.8 Å². The topological polar surface area (TPSA) is 59.7 Å². The second-order valence-electron chi connectivity index (χ2n) is 0.625. The summed E-state index contributed by atoms with van der Waals surface area (Å²) in [5, 5.41) is 14.0. The summed E-state index contributed by atoms with van der Waals surface area (Å²) in [5.74, 6) is 0. The van der Waals surface area contributed by atoms with Crippen LogP contribution >= 0.6 is 0 Å². The van der Waals surface area contributed by atoms with E-state index in [0.29, 0.717) is 0 Å². The average Bonchev–Trinajstić information content (AvgIpc) is 1.39. The van der Waals surface area contributed by atoms with Gasteiger partial charge in [-0.3, -0.25) is 0 Å². The Morgan fingerprint density at radius 3 is 1.33 bits per heavy atom. The molecule has 0 aliphatic rings. The van der Waals surface area contributed by atoms with Gasteiger partial charge in [-0.15, -0.1) is 0 Å². The highest BCUT2D eigenvalue weighted by Gasteiger charge is 1.25. The van der Waals surface area contributed by atoms with Crippen molar-refractivity contribution in [1.29, 1.82) is 10.8 Å². The first-order valence-corrected chi connectivity index (χ1v) is 1.50. The number of hydrogen-bond acceptors (Lipinski definition) is 3. The van der Waals surface area contributed by atoms with E-state index < -0.39 is 0 Å². The van der Waals surface area contributed by atoms with Crippen molar-refractivity contribution in [3.05, 3.63) is 0 Å². The van der Waals surface area contributed by atoms with Gasteiger partial charge < -0.3 is 5.32 Å². The minimum absolute atomic E-state index is 1.25. The summed E-state index contributed by atoms with van der Waals surface area (Å²) < 4.78 is 0. The van der Waals surface area contributed by atoms with Crippen LogP contribution in [0.5, 0.6) is 0 Å². The molecule has 3 nitrogen and oxygen atoms in total. The lowest BCUT2D eigenvalue weighted by Gasteiger charge is -1.59. The zero-order valence-electron chi connectivity index (χ0n) is 4.00. The first-order chi connectivity index (χ1) is 2.83. The Labute approximate surface area is 37.4 Å². The second kappa shape index (κ2) is 27.0. The Balaban J connectivity index is 0. The van der Waals surface area contributed by atoms with E-state index in [1.807, 2.05) is 14.1 Å². The predicted octanol–water partition coefficient (Wildman–Crippen LogP) is 0.153. The zero-order valence-corrected chi connectivity index (χ0v) is 4.00. The van der Waals surface area contributed by atoms with Crippen molar-refractivity contribution in [2.24, 2.45) is 0 Å². The minimum atomic E-state index is 1.25. The summed E-state index contributed by atoms with van der Waals surface area (Å²) >= 11 is 0. The van der Waals surface area contributed by atoms with Gasteiger partial charge in [0, 0.05) is 0 Å². The molecule has 0 aliphatic heterocycles. The van der Waals surface area contributed by atoms with E-state index in [1.54, 1.807) is 0 Å². The van der Waals surface area contributed by atoms with E-state index >= 15 is 0 Å². The molecule has 0 aromatic heterocycles. The molecule has 0 fully saturated rings. The third-order valence-electron chi connectivity index (χ3n) is 0. The summed E-state index contributed by atoms with van der Waals surface area (Å²) in [6.07, 6.45) is 0. The van der Waals surface area contributed by atoms with Crippen molar-refractivity contribution >= 4 is 6.01 Å². The fourth-order valence-electron chi connectivity index (χ4n) is 0. The van der Waals surface area contributed by atoms with Gasteiger partial charge in [-0.05, 0) is 14.1 Å². The summed E-state index contributed by atoms with van der Waals surface area (Å²) in [5.41, 5.74) is 0. The van der Waals surface area contributed by atoms with Gasteiger partial charge in [0.1, 0.15) is 0 Å². The molecule has 0 rings (SSSR count). The number of nitrogens with one attached hydrogen (secondary N) is 3. The van der Waals surface area contributed by atoms with Crippen LogP contribution in [0.1, 0.15) is 0 Å². The minimum Gasteiger partial charge on any atom is -0.323 e.